The Morgan fingerprint density at radius 3 is 1.48 bits per heavy atom. The van der Waals surface area contributed by atoms with E-state index in [1.165, 1.54) is 28.7 Å². The Morgan fingerprint density at radius 2 is 1.07 bits per heavy atom. The third-order valence-corrected chi connectivity index (χ3v) is 18.8. The number of nitrogens with zero attached hydrogens (tertiary/aromatic N) is 4. The third kappa shape index (κ3) is 23.0. The van der Waals surface area contributed by atoms with Gasteiger partial charge in [0.15, 0.2) is 10.3 Å². The Balaban J connectivity index is 0.000000252. The van der Waals surface area contributed by atoms with Crippen LogP contribution in [0.25, 0.3) is 20.9 Å². The molecule has 8 rings (SSSR count). The normalized spacial score (nSPS) is 14.8. The largest absolute Gasteiger partial charge is 0.451 e. The highest BCUT2D eigenvalue weighted by Gasteiger charge is 2.29. The molecule has 0 spiro atoms. The van der Waals surface area contributed by atoms with Crippen LogP contribution in [-0.4, -0.2) is 114 Å². The minimum Gasteiger partial charge on any atom is -0.451 e. The first-order valence-electron chi connectivity index (χ1n) is 28.6. The maximum atomic E-state index is 14.0. The molecule has 0 bridgehead atoms. The van der Waals surface area contributed by atoms with E-state index in [1.807, 2.05) is 101 Å². The van der Waals surface area contributed by atoms with Gasteiger partial charge in [-0.15, -0.1) is 0 Å². The van der Waals surface area contributed by atoms with Gasteiger partial charge < -0.3 is 51.6 Å². The topological polar surface area (TPSA) is 280 Å². The van der Waals surface area contributed by atoms with E-state index in [0.29, 0.717) is 34.9 Å². The number of amides is 5. The second-order valence-corrected chi connectivity index (χ2v) is 29.5. The van der Waals surface area contributed by atoms with Crippen LogP contribution in [0.3, 0.4) is 0 Å². The fourth-order valence-electron chi connectivity index (χ4n) is 8.99. The van der Waals surface area contributed by atoms with E-state index in [9.17, 15) is 31.8 Å². The number of urea groups is 2. The molecule has 26 heteroatoms. The van der Waals surface area contributed by atoms with Crippen molar-refractivity contribution in [2.24, 2.45) is 5.73 Å². The van der Waals surface area contributed by atoms with Gasteiger partial charge in [-0.25, -0.2) is 51.2 Å². The summed E-state index contributed by atoms with van der Waals surface area (Å²) in [7, 11) is -6.87. The van der Waals surface area contributed by atoms with Crippen molar-refractivity contribution in [1.29, 1.82) is 0 Å². The van der Waals surface area contributed by atoms with Crippen LogP contribution in [-0.2, 0) is 42.3 Å². The highest BCUT2D eigenvalue weighted by molar-refractivity contribution is 7.98. The molecule has 21 nitrogen and oxygen atoms in total. The lowest BCUT2D eigenvalue weighted by molar-refractivity contribution is 0.111. The molecule has 5 amide bonds. The predicted molar refractivity (Wildman–Crippen MR) is 353 cm³/mol. The fraction of sp³-hybridized carbons (Fsp3) is 0.426. The number of anilines is 4. The Morgan fingerprint density at radius 1 is 0.644 bits per heavy atom. The summed E-state index contributed by atoms with van der Waals surface area (Å²) in [4.78, 5) is 62.8. The quantitative estimate of drug-likeness (QED) is 0.0312. The van der Waals surface area contributed by atoms with Gasteiger partial charge in [0.05, 0.1) is 41.5 Å². The molecule has 472 valence electrons. The van der Waals surface area contributed by atoms with Crippen LogP contribution in [0.1, 0.15) is 106 Å². The van der Waals surface area contributed by atoms with Gasteiger partial charge in [-0.1, -0.05) is 95.5 Å². The van der Waals surface area contributed by atoms with Gasteiger partial charge >= 0.3 is 23.6 Å². The number of nitrogens with one attached hydrogen (secondary N) is 7. The molecule has 2 aliphatic rings. The van der Waals surface area contributed by atoms with E-state index in [1.54, 1.807) is 71.3 Å². The SMILES string of the molecule is C=S(=O)(NC(C)(C)C)c1cc(NC(=O)NCc2ccccc2)ccc1-c1cnc(N2CCC(NC(=O)OC(C)C)CC2)s1.CC(C)(C)NS(=O)(=O)c1cc(NC(=O)NCc2ccccc2)ccc1-c1cnc(N2CCC(N)CC2)s1.CC(C)OC(=O)Cl. The van der Waals surface area contributed by atoms with Crippen LogP contribution in [0.2, 0.25) is 0 Å². The lowest BCUT2D eigenvalue weighted by Crippen LogP contribution is -2.45. The van der Waals surface area contributed by atoms with E-state index >= 15 is 0 Å². The second-order valence-electron chi connectivity index (χ2n) is 23.5. The molecule has 2 fully saturated rings. The Bertz CT molecular complexity index is 3470. The Kier molecular flexibility index (Phi) is 25.0. The first-order chi connectivity index (χ1) is 40.9. The van der Waals surface area contributed by atoms with Gasteiger partial charge in [-0.2, -0.15) is 0 Å². The van der Waals surface area contributed by atoms with Gasteiger partial charge in [-0.05, 0) is 136 Å². The molecule has 1 unspecified atom stereocenters. The summed E-state index contributed by atoms with van der Waals surface area (Å²) >= 11 is 7.77. The average Bonchev–Trinajstić information content (AvgIpc) is 2.07. The zero-order valence-electron chi connectivity index (χ0n) is 51.0. The van der Waals surface area contributed by atoms with Crippen LogP contribution in [0, 0.1) is 0 Å². The number of hydrogen-bond acceptors (Lipinski definition) is 16. The number of carbonyl (C=O) groups is 4. The smallest absolute Gasteiger partial charge is 0.407 e. The molecule has 0 saturated carbocycles. The van der Waals surface area contributed by atoms with Crippen LogP contribution in [0.15, 0.2) is 119 Å². The molecule has 0 aliphatic carbocycles. The van der Waals surface area contributed by atoms with Crippen molar-refractivity contribution in [2.45, 2.75) is 153 Å². The molecule has 87 heavy (non-hydrogen) atoms. The van der Waals surface area contributed by atoms with Gasteiger partial charge in [0, 0.05) is 109 Å². The van der Waals surface area contributed by atoms with Crippen molar-refractivity contribution >= 4 is 105 Å². The summed E-state index contributed by atoms with van der Waals surface area (Å²) in [5, 5.41) is 15.9. The highest BCUT2D eigenvalue weighted by Crippen LogP contribution is 2.39. The highest BCUT2D eigenvalue weighted by atomic mass is 35.5. The minimum atomic E-state index is -3.91. The van der Waals surface area contributed by atoms with Gasteiger partial charge in [-0.3, -0.25) is 0 Å². The van der Waals surface area contributed by atoms with E-state index in [-0.39, 0.29) is 41.3 Å². The minimum absolute atomic E-state index is 0.0535. The van der Waals surface area contributed by atoms with Gasteiger partial charge in [0.25, 0.3) is 0 Å². The molecule has 4 aromatic carbocycles. The number of alkyl carbamates (subject to hydrolysis) is 1. The van der Waals surface area contributed by atoms with Crippen molar-refractivity contribution in [3.8, 4) is 20.9 Å². The van der Waals surface area contributed by atoms with Gasteiger partial charge in [0.1, 0.15) is 0 Å². The number of piperidine rings is 2. The molecular formula is C61H83ClN12O9S4. The number of halogens is 1. The molecule has 4 heterocycles. The number of aromatic nitrogens is 2. The van der Waals surface area contributed by atoms with Crippen molar-refractivity contribution in [3.05, 3.63) is 121 Å². The van der Waals surface area contributed by atoms with Crippen molar-refractivity contribution < 1.29 is 41.3 Å². The van der Waals surface area contributed by atoms with E-state index in [0.717, 1.165) is 88.6 Å². The number of carbonyl (C=O) groups excluding carboxylic acids is 4. The summed E-state index contributed by atoms with van der Waals surface area (Å²) in [6.07, 6.45) is 6.20. The lowest BCUT2D eigenvalue weighted by Gasteiger charge is -2.32. The van der Waals surface area contributed by atoms with Crippen LogP contribution in [0.5, 0.6) is 0 Å². The van der Waals surface area contributed by atoms with Crippen molar-refractivity contribution in [3.63, 3.8) is 0 Å². The summed E-state index contributed by atoms with van der Waals surface area (Å²) in [5.74, 6) is 4.07. The Hall–Kier alpha value is -6.84. The number of hydrogen-bond donors (Lipinski definition) is 8. The molecule has 9 N–H and O–H groups in total. The third-order valence-electron chi connectivity index (χ3n) is 12.7. The molecule has 1 atom stereocenters. The lowest BCUT2D eigenvalue weighted by atomic mass is 10.1. The second kappa shape index (κ2) is 31.4. The molecule has 2 aromatic heterocycles. The maximum absolute atomic E-state index is 14.0. The first kappa shape index (κ1) is 69.3. The van der Waals surface area contributed by atoms with E-state index < -0.39 is 42.3 Å². The number of sulfonamides is 1. The number of benzene rings is 4. The molecule has 0 radical (unpaired) electrons. The predicted octanol–water partition coefficient (Wildman–Crippen LogP) is 11.5. The van der Waals surface area contributed by atoms with Crippen molar-refractivity contribution in [1.82, 2.24) is 35.4 Å². The van der Waals surface area contributed by atoms with Crippen LogP contribution in [0.4, 0.5) is 40.8 Å². The number of thiazole rings is 2. The number of nitrogens with two attached hydrogens (primary N) is 1. The first-order valence-corrected chi connectivity index (χ1v) is 33.8. The molecular weight excluding hydrogens is 1210 g/mol. The summed E-state index contributed by atoms with van der Waals surface area (Å²) in [5.41, 5.74) is 8.24. The molecule has 2 aliphatic heterocycles. The molecule has 2 saturated heterocycles. The molecule has 6 aromatic rings. The summed E-state index contributed by atoms with van der Waals surface area (Å²) in [6.45, 7) is 22.2. The van der Waals surface area contributed by atoms with Crippen molar-refractivity contribution in [2.75, 3.05) is 46.6 Å². The maximum Gasteiger partial charge on any atom is 0.407 e. The number of rotatable bonds is 17. The number of ether oxygens (including phenoxy) is 2. The van der Waals surface area contributed by atoms with E-state index in [2.05, 4.69) is 66.4 Å². The van der Waals surface area contributed by atoms with Crippen LogP contribution >= 0.6 is 34.3 Å². The monoisotopic (exact) mass is 1290 g/mol. The summed E-state index contributed by atoms with van der Waals surface area (Å²) in [6, 6.07) is 28.9. The van der Waals surface area contributed by atoms with Crippen LogP contribution < -0.4 is 51.6 Å². The average molecular weight is 1290 g/mol. The standard InChI is InChI=1S/C31H42N6O4S2.C26H34N6O3S2.C4H7ClO2/c1-21(2)41-30(39)35-23-14-16-37(17-15-23)29-33-20-26(42-29)25-13-12-24(18-27(25)43(6,40)36-31(3,4)5)34-28(38)32-19-22-10-8-7-9-11-22;1-26(2,3)31-37(34,35)23-15-20(30-24(33)28-16-18-7-5-4-6-8-18)9-10-21(23)22-17-29-25(36-22)32-13-11-19(27)12-14-32;1-3(2)7-4(5)6/h7-13,18,20-21,23H,6,14-17,19H2,1-5H3,(H,35,39)(H,36,40)(H2,32,34,38);4-10,15,17,19,31H,11-14,16,27H2,1-3H3,(H2,28,30,33);3H,1-2H3. The Labute approximate surface area is 525 Å². The van der Waals surface area contributed by atoms with Gasteiger partial charge in [0.2, 0.25) is 10.0 Å². The zero-order valence-corrected chi connectivity index (χ0v) is 55.1. The summed E-state index contributed by atoms with van der Waals surface area (Å²) < 4.78 is 56.4. The fourth-order valence-corrected chi connectivity index (χ4v) is 14.9. The zero-order chi connectivity index (χ0) is 63.7. The van der Waals surface area contributed by atoms with E-state index in [4.69, 9.17) is 22.1 Å².